The van der Waals surface area contributed by atoms with E-state index in [0.717, 1.165) is 15.2 Å². The lowest BCUT2D eigenvalue weighted by Crippen LogP contribution is -1.88. The van der Waals surface area contributed by atoms with Crippen LogP contribution in [-0.4, -0.2) is 12.1 Å². The van der Waals surface area contributed by atoms with E-state index in [1.54, 1.807) is 12.1 Å². The lowest BCUT2D eigenvalue weighted by Gasteiger charge is -2.03. The minimum absolute atomic E-state index is 0.233. The number of hydrogen-bond acceptors (Lipinski definition) is 3. The molecule has 1 aromatic carbocycles. The Bertz CT molecular complexity index is 486. The maximum atomic E-state index is 13.1. The van der Waals surface area contributed by atoms with Crippen molar-refractivity contribution < 1.29 is 9.13 Å². The van der Waals surface area contributed by atoms with E-state index >= 15 is 0 Å². The first-order chi connectivity index (χ1) is 7.20. The van der Waals surface area contributed by atoms with E-state index in [9.17, 15) is 4.39 Å². The molecule has 0 bridgehead atoms. The van der Waals surface area contributed by atoms with Crippen LogP contribution in [0.2, 0.25) is 0 Å². The summed E-state index contributed by atoms with van der Waals surface area (Å²) < 4.78 is 18.8. The van der Waals surface area contributed by atoms with Crippen molar-refractivity contribution >= 4 is 27.3 Å². The van der Waals surface area contributed by atoms with Gasteiger partial charge in [0.2, 0.25) is 0 Å². The molecular formula is C10H7BrFNOS. The fourth-order valence-electron chi connectivity index (χ4n) is 1.20. The van der Waals surface area contributed by atoms with Crippen LogP contribution in [0.25, 0.3) is 11.3 Å². The highest BCUT2D eigenvalue weighted by molar-refractivity contribution is 9.11. The highest BCUT2D eigenvalue weighted by Gasteiger charge is 2.07. The summed E-state index contributed by atoms with van der Waals surface area (Å²) in [5.74, 6) is -0.132. The molecule has 0 unspecified atom stereocenters. The van der Waals surface area contributed by atoms with Crippen molar-refractivity contribution in [2.75, 3.05) is 7.11 Å². The molecule has 1 heterocycles. The monoisotopic (exact) mass is 287 g/mol. The Morgan fingerprint density at radius 1 is 1.47 bits per heavy atom. The van der Waals surface area contributed by atoms with Gasteiger partial charge in [0, 0.05) is 10.9 Å². The summed E-state index contributed by atoms with van der Waals surface area (Å²) in [5, 5.41) is 1.90. The second-order valence-corrected chi connectivity index (χ2v) is 4.97. The summed E-state index contributed by atoms with van der Waals surface area (Å²) >= 11 is 4.77. The van der Waals surface area contributed by atoms with Crippen molar-refractivity contribution in [2.45, 2.75) is 0 Å². The van der Waals surface area contributed by atoms with Crippen LogP contribution in [0, 0.1) is 5.82 Å². The van der Waals surface area contributed by atoms with Gasteiger partial charge in [-0.05, 0) is 34.1 Å². The number of ether oxygens (including phenoxy) is 1. The average molecular weight is 288 g/mol. The number of methoxy groups -OCH3 is 1. The standard InChI is InChI=1S/C10H7BrFNOS/c1-14-9-4-6(2-3-7(9)12)8-5-15-10(11)13-8/h2-5H,1H3. The quantitative estimate of drug-likeness (QED) is 0.840. The summed E-state index contributed by atoms with van der Waals surface area (Å²) in [5.41, 5.74) is 1.65. The third kappa shape index (κ3) is 2.18. The first kappa shape index (κ1) is 10.6. The largest absolute Gasteiger partial charge is 0.494 e. The minimum atomic E-state index is -0.365. The second-order valence-electron chi connectivity index (χ2n) is 2.84. The zero-order valence-electron chi connectivity index (χ0n) is 7.83. The van der Waals surface area contributed by atoms with Gasteiger partial charge in [0.15, 0.2) is 15.5 Å². The normalized spacial score (nSPS) is 10.3. The van der Waals surface area contributed by atoms with Crippen molar-refractivity contribution in [3.8, 4) is 17.0 Å². The molecule has 0 amide bonds. The Labute approximate surface area is 98.9 Å². The van der Waals surface area contributed by atoms with Gasteiger partial charge in [-0.3, -0.25) is 0 Å². The zero-order chi connectivity index (χ0) is 10.8. The van der Waals surface area contributed by atoms with Gasteiger partial charge in [0.05, 0.1) is 12.8 Å². The summed E-state index contributed by atoms with van der Waals surface area (Å²) in [6.07, 6.45) is 0. The molecule has 2 aromatic rings. The van der Waals surface area contributed by atoms with E-state index < -0.39 is 0 Å². The molecule has 0 N–H and O–H groups in total. The van der Waals surface area contributed by atoms with Crippen molar-refractivity contribution in [1.82, 2.24) is 4.98 Å². The number of thiazole rings is 1. The van der Waals surface area contributed by atoms with Crippen molar-refractivity contribution in [1.29, 1.82) is 0 Å². The molecule has 0 saturated heterocycles. The molecule has 0 aliphatic heterocycles. The maximum absolute atomic E-state index is 13.1. The average Bonchev–Trinajstić information content (AvgIpc) is 2.66. The van der Waals surface area contributed by atoms with Gasteiger partial charge in [-0.15, -0.1) is 11.3 Å². The molecule has 1 aromatic heterocycles. The summed E-state index contributed by atoms with van der Waals surface area (Å²) in [6.45, 7) is 0. The van der Waals surface area contributed by atoms with Crippen molar-refractivity contribution in [3.63, 3.8) is 0 Å². The van der Waals surface area contributed by atoms with Crippen LogP contribution in [0.3, 0.4) is 0 Å². The Balaban J connectivity index is 2.45. The van der Waals surface area contributed by atoms with Crippen LogP contribution in [0.15, 0.2) is 27.5 Å². The van der Waals surface area contributed by atoms with Crippen molar-refractivity contribution in [3.05, 3.63) is 33.3 Å². The first-order valence-corrected chi connectivity index (χ1v) is 5.83. The van der Waals surface area contributed by atoms with E-state index in [4.69, 9.17) is 4.74 Å². The Morgan fingerprint density at radius 3 is 2.87 bits per heavy atom. The second kappa shape index (κ2) is 4.28. The Morgan fingerprint density at radius 2 is 2.27 bits per heavy atom. The van der Waals surface area contributed by atoms with Gasteiger partial charge >= 0.3 is 0 Å². The smallest absolute Gasteiger partial charge is 0.165 e. The summed E-state index contributed by atoms with van der Waals surface area (Å²) in [7, 11) is 1.44. The van der Waals surface area contributed by atoms with Gasteiger partial charge in [0.25, 0.3) is 0 Å². The van der Waals surface area contributed by atoms with Crippen LogP contribution in [0.5, 0.6) is 5.75 Å². The van der Waals surface area contributed by atoms with Crippen molar-refractivity contribution in [2.24, 2.45) is 0 Å². The topological polar surface area (TPSA) is 22.1 Å². The SMILES string of the molecule is COc1cc(-c2csc(Br)n2)ccc1F. The molecular weight excluding hydrogens is 281 g/mol. The molecule has 0 aliphatic carbocycles. The number of hydrogen-bond donors (Lipinski definition) is 0. The summed E-state index contributed by atoms with van der Waals surface area (Å²) in [6, 6.07) is 4.69. The predicted molar refractivity (Wildman–Crippen MR) is 61.8 cm³/mol. The Hall–Kier alpha value is -0.940. The van der Waals surface area contributed by atoms with Crippen LogP contribution >= 0.6 is 27.3 Å². The molecule has 0 saturated carbocycles. The number of aromatic nitrogens is 1. The highest BCUT2D eigenvalue weighted by atomic mass is 79.9. The number of nitrogens with zero attached hydrogens (tertiary/aromatic N) is 1. The van der Waals surface area contributed by atoms with Crippen LogP contribution in [0.1, 0.15) is 0 Å². The number of rotatable bonds is 2. The van der Waals surface area contributed by atoms with Gasteiger partial charge < -0.3 is 4.74 Å². The zero-order valence-corrected chi connectivity index (χ0v) is 10.2. The maximum Gasteiger partial charge on any atom is 0.165 e. The minimum Gasteiger partial charge on any atom is -0.494 e. The highest BCUT2D eigenvalue weighted by Crippen LogP contribution is 2.28. The molecule has 2 rings (SSSR count). The molecule has 78 valence electrons. The van der Waals surface area contributed by atoms with Gasteiger partial charge in [-0.1, -0.05) is 0 Å². The van der Waals surface area contributed by atoms with E-state index in [1.807, 2.05) is 5.38 Å². The molecule has 5 heteroatoms. The van der Waals surface area contributed by atoms with Gasteiger partial charge in [0.1, 0.15) is 0 Å². The molecule has 0 atom stereocenters. The third-order valence-electron chi connectivity index (χ3n) is 1.92. The lowest BCUT2D eigenvalue weighted by atomic mass is 10.1. The number of benzene rings is 1. The number of halogens is 2. The van der Waals surface area contributed by atoms with E-state index in [2.05, 4.69) is 20.9 Å². The van der Waals surface area contributed by atoms with Gasteiger partial charge in [-0.2, -0.15) is 0 Å². The van der Waals surface area contributed by atoms with Crippen LogP contribution < -0.4 is 4.74 Å². The summed E-state index contributed by atoms with van der Waals surface area (Å²) in [4.78, 5) is 4.24. The molecule has 0 radical (unpaired) electrons. The van der Waals surface area contributed by atoms with E-state index in [-0.39, 0.29) is 11.6 Å². The molecule has 15 heavy (non-hydrogen) atoms. The fraction of sp³-hybridized carbons (Fsp3) is 0.100. The molecule has 0 spiro atoms. The molecule has 0 fully saturated rings. The lowest BCUT2D eigenvalue weighted by molar-refractivity contribution is 0.387. The first-order valence-electron chi connectivity index (χ1n) is 4.15. The van der Waals surface area contributed by atoms with Crippen LogP contribution in [0.4, 0.5) is 4.39 Å². The predicted octanol–water partition coefficient (Wildman–Crippen LogP) is 3.72. The molecule has 0 aliphatic rings. The Kier molecular flexibility index (Phi) is 3.02. The van der Waals surface area contributed by atoms with Crippen LogP contribution in [-0.2, 0) is 0 Å². The molecule has 2 nitrogen and oxygen atoms in total. The van der Waals surface area contributed by atoms with Gasteiger partial charge in [-0.25, -0.2) is 9.37 Å². The van der Waals surface area contributed by atoms with E-state index in [1.165, 1.54) is 24.5 Å². The third-order valence-corrected chi connectivity index (χ3v) is 3.29. The fourth-order valence-corrected chi connectivity index (χ4v) is 2.22. The van der Waals surface area contributed by atoms with E-state index in [0.29, 0.717) is 0 Å².